The van der Waals surface area contributed by atoms with E-state index in [2.05, 4.69) is 16.9 Å². The molecule has 0 spiro atoms. The first kappa shape index (κ1) is 18.7. The number of benzene rings is 1. The molecule has 7 heteroatoms. The predicted molar refractivity (Wildman–Crippen MR) is 89.2 cm³/mol. The average Bonchev–Trinajstić information content (AvgIpc) is 2.40. The fraction of sp³-hybridized carbons (Fsp3) is 0.375. The zero-order valence-electron chi connectivity index (χ0n) is 13.6. The van der Waals surface area contributed by atoms with Gasteiger partial charge in [-0.05, 0) is 19.4 Å². The number of hydrogen-bond donors (Lipinski definition) is 0. The molecule has 0 saturated carbocycles. The first-order valence-corrected chi connectivity index (χ1v) is 8.71. The highest BCUT2D eigenvalue weighted by atomic mass is 32.2. The lowest BCUT2D eigenvalue weighted by Crippen LogP contribution is -2.27. The maximum Gasteiger partial charge on any atom is 0.304 e. The van der Waals surface area contributed by atoms with Gasteiger partial charge in [-0.25, -0.2) is 8.42 Å². The number of hydrogen-bond acceptors (Lipinski definition) is 5. The van der Waals surface area contributed by atoms with Crippen molar-refractivity contribution in [2.45, 2.75) is 26.4 Å². The van der Waals surface area contributed by atoms with Gasteiger partial charge in [-0.15, -0.1) is 0 Å². The molecule has 0 aliphatic carbocycles. The second kappa shape index (κ2) is 7.79. The Kier molecular flexibility index (Phi) is 6.34. The number of esters is 1. The van der Waals surface area contributed by atoms with Crippen molar-refractivity contribution in [2.75, 3.05) is 12.8 Å². The van der Waals surface area contributed by atoms with Gasteiger partial charge in [-0.2, -0.15) is 9.52 Å². The van der Waals surface area contributed by atoms with E-state index < -0.39 is 21.6 Å². The minimum Gasteiger partial charge on any atom is -0.447 e. The third kappa shape index (κ3) is 7.47. The molecular weight excluding hydrogens is 316 g/mol. The van der Waals surface area contributed by atoms with Crippen LogP contribution in [-0.4, -0.2) is 43.4 Å². The Morgan fingerprint density at radius 1 is 1.35 bits per heavy atom. The van der Waals surface area contributed by atoms with Crippen LogP contribution in [0.3, 0.4) is 0 Å². The van der Waals surface area contributed by atoms with E-state index >= 15 is 0 Å². The van der Waals surface area contributed by atoms with Gasteiger partial charge >= 0.3 is 5.97 Å². The van der Waals surface area contributed by atoms with Crippen molar-refractivity contribution < 1.29 is 17.9 Å². The van der Waals surface area contributed by atoms with Gasteiger partial charge in [0.1, 0.15) is 6.54 Å². The second-order valence-electron chi connectivity index (χ2n) is 5.30. The summed E-state index contributed by atoms with van der Waals surface area (Å²) in [5.41, 5.74) is -0.215. The van der Waals surface area contributed by atoms with Gasteiger partial charge in [0.05, 0.1) is 12.5 Å². The molecule has 0 heterocycles. The van der Waals surface area contributed by atoms with Crippen molar-refractivity contribution in [3.05, 3.63) is 35.9 Å². The molecule has 1 aromatic carbocycles. The Morgan fingerprint density at radius 3 is 2.48 bits per heavy atom. The molecule has 0 aliphatic heterocycles. The maximum absolute atomic E-state index is 11.7. The largest absolute Gasteiger partial charge is 0.447 e. The summed E-state index contributed by atoms with van der Waals surface area (Å²) < 4.78 is 29.4. The van der Waals surface area contributed by atoms with E-state index in [1.807, 2.05) is 18.2 Å². The van der Waals surface area contributed by atoms with Crippen molar-refractivity contribution in [2.24, 2.45) is 5.10 Å². The van der Waals surface area contributed by atoms with E-state index in [0.717, 1.165) is 16.2 Å². The van der Waals surface area contributed by atoms with Crippen LogP contribution >= 0.6 is 0 Å². The number of nitrogens with zero attached hydrogens (tertiary/aromatic N) is 2. The number of sulfonamides is 1. The van der Waals surface area contributed by atoms with Crippen LogP contribution in [0.5, 0.6) is 0 Å². The van der Waals surface area contributed by atoms with E-state index in [9.17, 15) is 13.2 Å². The third-order valence-corrected chi connectivity index (χ3v) is 3.51. The molecule has 0 N–H and O–H groups in total. The number of carbonyl (C=O) groups is 1. The Hall–Kier alpha value is -2.33. The van der Waals surface area contributed by atoms with E-state index in [-0.39, 0.29) is 6.54 Å². The van der Waals surface area contributed by atoms with Crippen LogP contribution in [0.2, 0.25) is 0 Å². The lowest BCUT2D eigenvalue weighted by atomic mass is 10.1. The Balaban J connectivity index is 2.86. The minimum absolute atomic E-state index is 0.132. The van der Waals surface area contributed by atoms with Gasteiger partial charge in [-0.3, -0.25) is 4.79 Å². The van der Waals surface area contributed by atoms with E-state index in [1.165, 1.54) is 13.1 Å². The molecule has 124 valence electrons. The molecule has 0 saturated heterocycles. The molecular formula is C16H20N2O4S. The van der Waals surface area contributed by atoms with E-state index in [1.54, 1.807) is 26.0 Å². The molecule has 1 aromatic rings. The third-order valence-electron chi connectivity index (χ3n) is 2.52. The van der Waals surface area contributed by atoms with Crippen molar-refractivity contribution >= 4 is 22.2 Å². The summed E-state index contributed by atoms with van der Waals surface area (Å²) in [4.78, 5) is 11.0. The standard InChI is InChI=1S/C16H20N2O4S/c1-14(19)22-16(2,3)11-8-12-18(23(4,20)21)17-13-15-9-6-5-7-10-15/h5-7,9-10,13H,12H2,1-4H3/b17-13+. The van der Waals surface area contributed by atoms with Gasteiger partial charge in [0, 0.05) is 6.92 Å². The number of ether oxygens (including phenoxy) is 1. The lowest BCUT2D eigenvalue weighted by Gasteiger charge is -2.18. The molecule has 6 nitrogen and oxygen atoms in total. The van der Waals surface area contributed by atoms with Gasteiger partial charge in [0.15, 0.2) is 5.60 Å². The summed E-state index contributed by atoms with van der Waals surface area (Å²) in [5, 5.41) is 3.96. The van der Waals surface area contributed by atoms with Gasteiger partial charge in [-0.1, -0.05) is 42.2 Å². The van der Waals surface area contributed by atoms with Gasteiger partial charge < -0.3 is 4.74 Å². The summed E-state index contributed by atoms with van der Waals surface area (Å²) in [6.45, 7) is 4.40. The van der Waals surface area contributed by atoms with Crippen LogP contribution in [-0.2, 0) is 19.6 Å². The van der Waals surface area contributed by atoms with Crippen molar-refractivity contribution in [1.29, 1.82) is 0 Å². The van der Waals surface area contributed by atoms with Crippen molar-refractivity contribution in [3.8, 4) is 11.8 Å². The fourth-order valence-corrected chi connectivity index (χ4v) is 2.14. The molecule has 0 aliphatic rings. The van der Waals surface area contributed by atoms with Gasteiger partial charge in [0.25, 0.3) is 0 Å². The summed E-state index contributed by atoms with van der Waals surface area (Å²) in [7, 11) is -3.55. The maximum atomic E-state index is 11.7. The normalized spacial score (nSPS) is 11.7. The molecule has 23 heavy (non-hydrogen) atoms. The zero-order valence-corrected chi connectivity index (χ0v) is 14.4. The topological polar surface area (TPSA) is 76.0 Å². The first-order chi connectivity index (χ1) is 10.6. The minimum atomic E-state index is -3.55. The average molecular weight is 336 g/mol. The van der Waals surface area contributed by atoms with Crippen molar-refractivity contribution in [1.82, 2.24) is 4.41 Å². The van der Waals surface area contributed by atoms with E-state index in [4.69, 9.17) is 4.74 Å². The highest BCUT2D eigenvalue weighted by Crippen LogP contribution is 2.07. The predicted octanol–water partition coefficient (Wildman–Crippen LogP) is 1.63. The van der Waals surface area contributed by atoms with Crippen LogP contribution in [0, 0.1) is 11.8 Å². The quantitative estimate of drug-likeness (QED) is 0.354. The van der Waals surface area contributed by atoms with E-state index in [0.29, 0.717) is 0 Å². The lowest BCUT2D eigenvalue weighted by molar-refractivity contribution is -0.148. The Labute approximate surface area is 137 Å². The summed E-state index contributed by atoms with van der Waals surface area (Å²) in [6, 6.07) is 9.12. The fourth-order valence-electron chi connectivity index (χ4n) is 1.62. The first-order valence-electron chi connectivity index (χ1n) is 6.86. The highest BCUT2D eigenvalue weighted by Gasteiger charge is 2.18. The smallest absolute Gasteiger partial charge is 0.304 e. The van der Waals surface area contributed by atoms with Gasteiger partial charge in [0.2, 0.25) is 10.0 Å². The molecule has 0 radical (unpaired) electrons. The molecule has 0 fully saturated rings. The van der Waals surface area contributed by atoms with Crippen molar-refractivity contribution in [3.63, 3.8) is 0 Å². The van der Waals surface area contributed by atoms with Crippen LogP contribution < -0.4 is 0 Å². The highest BCUT2D eigenvalue weighted by molar-refractivity contribution is 7.88. The second-order valence-corrected chi connectivity index (χ2v) is 7.19. The number of rotatable bonds is 5. The summed E-state index contributed by atoms with van der Waals surface area (Å²) >= 11 is 0. The number of carbonyl (C=O) groups excluding carboxylic acids is 1. The zero-order chi connectivity index (χ0) is 17.5. The van der Waals surface area contributed by atoms with Crippen LogP contribution in [0.1, 0.15) is 26.3 Å². The molecule has 0 bridgehead atoms. The summed E-state index contributed by atoms with van der Waals surface area (Å²) in [5.74, 6) is 4.95. The SMILES string of the molecule is CC(=O)OC(C)(C)C#CCN(/N=C/c1ccccc1)S(C)(=O)=O. The monoisotopic (exact) mass is 336 g/mol. The molecule has 0 amide bonds. The number of hydrazone groups is 1. The van der Waals surface area contributed by atoms with Crippen LogP contribution in [0.15, 0.2) is 35.4 Å². The molecule has 0 aromatic heterocycles. The summed E-state index contributed by atoms with van der Waals surface area (Å²) in [6.07, 6.45) is 2.49. The molecule has 1 rings (SSSR count). The Morgan fingerprint density at radius 2 is 1.96 bits per heavy atom. The Bertz CT molecular complexity index is 728. The molecule has 0 atom stereocenters. The molecule has 0 unspecified atom stereocenters. The van der Waals surface area contributed by atoms with Crippen LogP contribution in [0.25, 0.3) is 0 Å². The van der Waals surface area contributed by atoms with Crippen LogP contribution in [0.4, 0.5) is 0 Å².